The second kappa shape index (κ2) is 6.11. The van der Waals surface area contributed by atoms with E-state index in [0.717, 1.165) is 23.1 Å². The molecule has 0 unspecified atom stereocenters. The van der Waals surface area contributed by atoms with Crippen molar-refractivity contribution < 1.29 is 4.39 Å². The second-order valence-electron chi connectivity index (χ2n) is 4.11. The molecular weight excluding hydrogens is 297 g/mol. The Hall–Kier alpha value is -1.20. The second-order valence-corrected chi connectivity index (χ2v) is 5.02. The molecule has 18 heavy (non-hydrogen) atoms. The Morgan fingerprint density at radius 2 is 2.22 bits per heavy atom. The number of benzene rings is 1. The zero-order chi connectivity index (χ0) is 13.0. The first-order valence-corrected chi connectivity index (χ1v) is 6.57. The number of nitrogens with one attached hydrogen (secondary N) is 1. The summed E-state index contributed by atoms with van der Waals surface area (Å²) in [4.78, 5) is 0. The van der Waals surface area contributed by atoms with E-state index in [1.54, 1.807) is 18.3 Å². The normalized spacial score (nSPS) is 10.8. The van der Waals surface area contributed by atoms with Gasteiger partial charge in [0.1, 0.15) is 5.82 Å². The Labute approximate surface area is 114 Å². The Kier molecular flexibility index (Phi) is 4.49. The van der Waals surface area contributed by atoms with Crippen LogP contribution in [0.5, 0.6) is 0 Å². The summed E-state index contributed by atoms with van der Waals surface area (Å²) in [5, 5.41) is 7.34. The molecule has 1 aromatic carbocycles. The Morgan fingerprint density at radius 1 is 1.39 bits per heavy atom. The van der Waals surface area contributed by atoms with E-state index >= 15 is 0 Å². The number of hydrogen-bond donors (Lipinski definition) is 1. The van der Waals surface area contributed by atoms with E-state index in [1.807, 2.05) is 17.8 Å². The number of aryl methyl sites for hydroxylation is 1. The third kappa shape index (κ3) is 3.40. The fourth-order valence-corrected chi connectivity index (χ4v) is 2.17. The monoisotopic (exact) mass is 311 g/mol. The summed E-state index contributed by atoms with van der Waals surface area (Å²) in [5.41, 5.74) is 1.84. The Morgan fingerprint density at radius 3 is 2.94 bits per heavy atom. The average molecular weight is 312 g/mol. The van der Waals surface area contributed by atoms with Crippen molar-refractivity contribution in [1.29, 1.82) is 0 Å². The highest BCUT2D eigenvalue weighted by molar-refractivity contribution is 9.10. The third-order valence-corrected chi connectivity index (χ3v) is 3.30. The van der Waals surface area contributed by atoms with E-state index in [2.05, 4.69) is 26.3 Å². The van der Waals surface area contributed by atoms with Crippen molar-refractivity contribution >= 4 is 15.9 Å². The summed E-state index contributed by atoms with van der Waals surface area (Å²) in [6, 6.07) is 6.96. The molecular formula is C13H15BrFN3. The topological polar surface area (TPSA) is 29.9 Å². The fraction of sp³-hybridized carbons (Fsp3) is 0.308. The van der Waals surface area contributed by atoms with Crippen LogP contribution >= 0.6 is 15.9 Å². The van der Waals surface area contributed by atoms with Gasteiger partial charge in [-0.2, -0.15) is 5.10 Å². The first-order chi connectivity index (χ1) is 8.66. The molecule has 0 spiro atoms. The van der Waals surface area contributed by atoms with Gasteiger partial charge in [0.05, 0.1) is 0 Å². The minimum atomic E-state index is -0.175. The minimum Gasteiger partial charge on any atom is -0.312 e. The Balaban J connectivity index is 1.82. The number of halogens is 2. The molecule has 0 amide bonds. The maximum absolute atomic E-state index is 13.5. The quantitative estimate of drug-likeness (QED) is 0.860. The average Bonchev–Trinajstić information content (AvgIpc) is 2.75. The molecule has 0 saturated heterocycles. The van der Waals surface area contributed by atoms with Gasteiger partial charge < -0.3 is 5.32 Å². The van der Waals surface area contributed by atoms with Crippen LogP contribution in [0.25, 0.3) is 0 Å². The maximum Gasteiger partial charge on any atom is 0.127 e. The summed E-state index contributed by atoms with van der Waals surface area (Å²) >= 11 is 3.34. The van der Waals surface area contributed by atoms with Gasteiger partial charge in [-0.1, -0.05) is 15.9 Å². The van der Waals surface area contributed by atoms with Crippen molar-refractivity contribution in [3.63, 3.8) is 0 Å². The van der Waals surface area contributed by atoms with Crippen LogP contribution in [0, 0.1) is 5.82 Å². The van der Waals surface area contributed by atoms with E-state index in [1.165, 1.54) is 6.07 Å². The van der Waals surface area contributed by atoms with E-state index < -0.39 is 0 Å². The van der Waals surface area contributed by atoms with Gasteiger partial charge in [-0.05, 0) is 24.3 Å². The zero-order valence-electron chi connectivity index (χ0n) is 10.2. The molecule has 0 aliphatic carbocycles. The SMILES string of the molecule is Cn1nccc1CCNCc1cc(Br)ccc1F. The van der Waals surface area contributed by atoms with Crippen LogP contribution in [0.15, 0.2) is 34.9 Å². The molecule has 2 aromatic rings. The van der Waals surface area contributed by atoms with Crippen LogP contribution in [-0.2, 0) is 20.0 Å². The lowest BCUT2D eigenvalue weighted by molar-refractivity contribution is 0.583. The molecule has 1 aromatic heterocycles. The maximum atomic E-state index is 13.5. The van der Waals surface area contributed by atoms with Crippen molar-refractivity contribution in [2.24, 2.45) is 7.05 Å². The number of hydrogen-bond acceptors (Lipinski definition) is 2. The molecule has 3 nitrogen and oxygen atoms in total. The predicted octanol–water partition coefficient (Wildman–Crippen LogP) is 2.65. The van der Waals surface area contributed by atoms with Crippen molar-refractivity contribution in [1.82, 2.24) is 15.1 Å². The molecule has 2 rings (SSSR count). The molecule has 0 atom stereocenters. The molecule has 0 radical (unpaired) electrons. The lowest BCUT2D eigenvalue weighted by Crippen LogP contribution is -2.18. The van der Waals surface area contributed by atoms with E-state index in [0.29, 0.717) is 12.1 Å². The molecule has 0 aliphatic rings. The lowest BCUT2D eigenvalue weighted by Gasteiger charge is -2.07. The molecule has 5 heteroatoms. The summed E-state index contributed by atoms with van der Waals surface area (Å²) in [5.74, 6) is -0.175. The van der Waals surface area contributed by atoms with Gasteiger partial charge in [-0.15, -0.1) is 0 Å². The van der Waals surface area contributed by atoms with E-state index in [4.69, 9.17) is 0 Å². The number of nitrogens with zero attached hydrogens (tertiary/aromatic N) is 2. The van der Waals surface area contributed by atoms with Crippen LogP contribution in [0.1, 0.15) is 11.3 Å². The molecule has 0 aliphatic heterocycles. The molecule has 96 valence electrons. The van der Waals surface area contributed by atoms with Crippen LogP contribution in [0.4, 0.5) is 4.39 Å². The van der Waals surface area contributed by atoms with E-state index in [-0.39, 0.29) is 5.82 Å². The molecule has 0 fully saturated rings. The van der Waals surface area contributed by atoms with E-state index in [9.17, 15) is 4.39 Å². The zero-order valence-corrected chi connectivity index (χ0v) is 11.7. The van der Waals surface area contributed by atoms with Gasteiger partial charge in [0.25, 0.3) is 0 Å². The molecule has 1 N–H and O–H groups in total. The number of aromatic nitrogens is 2. The van der Waals surface area contributed by atoms with Crippen LogP contribution in [0.2, 0.25) is 0 Å². The largest absolute Gasteiger partial charge is 0.312 e. The van der Waals surface area contributed by atoms with Crippen molar-refractivity contribution in [2.45, 2.75) is 13.0 Å². The predicted molar refractivity (Wildman–Crippen MR) is 72.7 cm³/mol. The first-order valence-electron chi connectivity index (χ1n) is 5.78. The van der Waals surface area contributed by atoms with Gasteiger partial charge in [-0.3, -0.25) is 4.68 Å². The summed E-state index contributed by atoms with van der Waals surface area (Å²) < 4.78 is 16.2. The van der Waals surface area contributed by atoms with Crippen molar-refractivity contribution in [2.75, 3.05) is 6.54 Å². The van der Waals surface area contributed by atoms with Crippen LogP contribution in [0.3, 0.4) is 0 Å². The molecule has 1 heterocycles. The van der Waals surface area contributed by atoms with Gasteiger partial charge >= 0.3 is 0 Å². The third-order valence-electron chi connectivity index (χ3n) is 2.80. The minimum absolute atomic E-state index is 0.175. The van der Waals surface area contributed by atoms with Gasteiger partial charge in [0, 0.05) is 48.5 Å². The Bertz CT molecular complexity index is 525. The van der Waals surface area contributed by atoms with Gasteiger partial charge in [-0.25, -0.2) is 4.39 Å². The summed E-state index contributed by atoms with van der Waals surface area (Å²) in [7, 11) is 1.92. The smallest absolute Gasteiger partial charge is 0.127 e. The summed E-state index contributed by atoms with van der Waals surface area (Å²) in [6.45, 7) is 1.33. The highest BCUT2D eigenvalue weighted by atomic mass is 79.9. The first kappa shape index (κ1) is 13.2. The highest BCUT2D eigenvalue weighted by Crippen LogP contribution is 2.15. The van der Waals surface area contributed by atoms with Crippen molar-refractivity contribution in [3.8, 4) is 0 Å². The summed E-state index contributed by atoms with van der Waals surface area (Å²) in [6.07, 6.45) is 2.66. The standard InChI is InChI=1S/C13H15BrFN3/c1-18-12(5-7-17-18)4-6-16-9-10-8-11(14)2-3-13(10)15/h2-3,5,7-8,16H,4,6,9H2,1H3. The highest BCUT2D eigenvalue weighted by Gasteiger charge is 2.03. The lowest BCUT2D eigenvalue weighted by atomic mass is 10.2. The van der Waals surface area contributed by atoms with Crippen LogP contribution in [-0.4, -0.2) is 16.3 Å². The van der Waals surface area contributed by atoms with Gasteiger partial charge in [0.15, 0.2) is 0 Å². The molecule has 0 bridgehead atoms. The van der Waals surface area contributed by atoms with Crippen molar-refractivity contribution in [3.05, 3.63) is 52.0 Å². The molecule has 0 saturated carbocycles. The number of rotatable bonds is 5. The van der Waals surface area contributed by atoms with Gasteiger partial charge in [0.2, 0.25) is 0 Å². The fourth-order valence-electron chi connectivity index (χ4n) is 1.76. The van der Waals surface area contributed by atoms with Crippen LogP contribution < -0.4 is 5.32 Å².